The molecule has 0 radical (unpaired) electrons. The molecule has 104 valence electrons. The van der Waals surface area contributed by atoms with Gasteiger partial charge >= 0.3 is 0 Å². The standard InChI is InChI=1S/C15H22N2OS/c1-12(13-3-2-6-16-10-13)17-14-4-7-18-15(9-14)5-8-19-11-15/h2-3,6,10,12,14,17H,4-5,7-9,11H2,1H3/t12-,14?,15?/m1/s1. The van der Waals surface area contributed by atoms with Gasteiger partial charge in [0.2, 0.25) is 0 Å². The molecule has 0 saturated carbocycles. The molecule has 2 aliphatic rings. The van der Waals surface area contributed by atoms with Crippen molar-refractivity contribution in [3.8, 4) is 0 Å². The van der Waals surface area contributed by atoms with Crippen molar-refractivity contribution in [3.05, 3.63) is 30.1 Å². The van der Waals surface area contributed by atoms with Gasteiger partial charge in [0, 0.05) is 36.8 Å². The highest BCUT2D eigenvalue weighted by molar-refractivity contribution is 7.99. The summed E-state index contributed by atoms with van der Waals surface area (Å²) in [4.78, 5) is 4.20. The number of rotatable bonds is 3. The fourth-order valence-electron chi connectivity index (χ4n) is 3.12. The third-order valence-corrected chi connectivity index (χ3v) is 5.45. The summed E-state index contributed by atoms with van der Waals surface area (Å²) in [5.74, 6) is 2.43. The molecule has 2 saturated heterocycles. The summed E-state index contributed by atoms with van der Waals surface area (Å²) < 4.78 is 6.07. The minimum atomic E-state index is 0.162. The van der Waals surface area contributed by atoms with Crippen molar-refractivity contribution >= 4 is 11.8 Å². The fraction of sp³-hybridized carbons (Fsp3) is 0.667. The lowest BCUT2D eigenvalue weighted by Gasteiger charge is -2.39. The Morgan fingerprint density at radius 1 is 1.58 bits per heavy atom. The number of nitrogens with zero attached hydrogens (tertiary/aromatic N) is 1. The Kier molecular flexibility index (Phi) is 4.10. The second kappa shape index (κ2) is 5.81. The van der Waals surface area contributed by atoms with Gasteiger partial charge in [0.25, 0.3) is 0 Å². The Hall–Kier alpha value is -0.580. The Balaban J connectivity index is 1.60. The highest BCUT2D eigenvalue weighted by Crippen LogP contribution is 2.38. The summed E-state index contributed by atoms with van der Waals surface area (Å²) in [6, 6.07) is 5.09. The first-order chi connectivity index (χ1) is 9.27. The summed E-state index contributed by atoms with van der Waals surface area (Å²) >= 11 is 2.03. The normalized spacial score (nSPS) is 32.6. The van der Waals surface area contributed by atoms with Gasteiger partial charge in [0.1, 0.15) is 0 Å². The molecule has 4 heteroatoms. The summed E-state index contributed by atoms with van der Waals surface area (Å²) in [6.07, 6.45) is 7.28. The average molecular weight is 278 g/mol. The Labute approximate surface area is 119 Å². The van der Waals surface area contributed by atoms with E-state index >= 15 is 0 Å². The van der Waals surface area contributed by atoms with Crippen LogP contribution in [0.2, 0.25) is 0 Å². The first-order valence-electron chi connectivity index (χ1n) is 7.15. The maximum absolute atomic E-state index is 6.07. The summed E-state index contributed by atoms with van der Waals surface area (Å²) in [5, 5.41) is 3.76. The lowest BCUT2D eigenvalue weighted by Crippen LogP contribution is -2.47. The van der Waals surface area contributed by atoms with Crippen molar-refractivity contribution < 1.29 is 4.74 Å². The zero-order chi connectivity index (χ0) is 13.1. The SMILES string of the molecule is C[C@@H](NC1CCOC2(CCSC2)C1)c1cccnc1. The molecule has 1 aromatic heterocycles. The highest BCUT2D eigenvalue weighted by Gasteiger charge is 2.40. The van der Waals surface area contributed by atoms with Crippen LogP contribution in [0.25, 0.3) is 0 Å². The predicted molar refractivity (Wildman–Crippen MR) is 79.4 cm³/mol. The van der Waals surface area contributed by atoms with Crippen LogP contribution in [0.15, 0.2) is 24.5 Å². The molecular formula is C15H22N2OS. The van der Waals surface area contributed by atoms with Gasteiger partial charge in [-0.15, -0.1) is 0 Å². The van der Waals surface area contributed by atoms with Gasteiger partial charge < -0.3 is 10.1 Å². The smallest absolute Gasteiger partial charge is 0.0795 e. The molecule has 0 amide bonds. The highest BCUT2D eigenvalue weighted by atomic mass is 32.2. The molecule has 0 aliphatic carbocycles. The fourth-order valence-corrected chi connectivity index (χ4v) is 4.49. The van der Waals surface area contributed by atoms with Crippen LogP contribution in [-0.2, 0) is 4.74 Å². The summed E-state index contributed by atoms with van der Waals surface area (Å²) in [7, 11) is 0. The van der Waals surface area contributed by atoms with Crippen molar-refractivity contribution in [1.82, 2.24) is 10.3 Å². The van der Waals surface area contributed by atoms with Crippen LogP contribution < -0.4 is 5.32 Å². The number of ether oxygens (including phenoxy) is 1. The van der Waals surface area contributed by atoms with E-state index in [4.69, 9.17) is 4.74 Å². The third-order valence-electron chi connectivity index (χ3n) is 4.23. The maximum Gasteiger partial charge on any atom is 0.0795 e. The molecule has 1 N–H and O–H groups in total. The van der Waals surface area contributed by atoms with E-state index in [0.717, 1.165) is 19.4 Å². The van der Waals surface area contributed by atoms with Gasteiger partial charge in [-0.25, -0.2) is 0 Å². The predicted octanol–water partition coefficient (Wildman–Crippen LogP) is 2.79. The van der Waals surface area contributed by atoms with Gasteiger partial charge in [0.15, 0.2) is 0 Å². The lowest BCUT2D eigenvalue weighted by atomic mass is 9.89. The summed E-state index contributed by atoms with van der Waals surface area (Å²) in [5.41, 5.74) is 1.43. The second-order valence-corrected chi connectivity index (χ2v) is 6.80. The van der Waals surface area contributed by atoms with Crippen LogP contribution in [0.4, 0.5) is 0 Å². The maximum atomic E-state index is 6.07. The number of aromatic nitrogens is 1. The van der Waals surface area contributed by atoms with E-state index in [9.17, 15) is 0 Å². The van der Waals surface area contributed by atoms with Crippen LogP contribution in [0.5, 0.6) is 0 Å². The molecule has 3 heterocycles. The van der Waals surface area contributed by atoms with Crippen molar-refractivity contribution in [2.75, 3.05) is 18.1 Å². The number of thioether (sulfide) groups is 1. The van der Waals surface area contributed by atoms with Crippen LogP contribution in [0.1, 0.15) is 37.8 Å². The average Bonchev–Trinajstić information content (AvgIpc) is 2.88. The van der Waals surface area contributed by atoms with E-state index < -0.39 is 0 Å². The quantitative estimate of drug-likeness (QED) is 0.922. The molecule has 19 heavy (non-hydrogen) atoms. The van der Waals surface area contributed by atoms with Crippen LogP contribution in [0.3, 0.4) is 0 Å². The molecule has 1 spiro atoms. The largest absolute Gasteiger partial charge is 0.374 e. The molecule has 3 nitrogen and oxygen atoms in total. The molecule has 2 fully saturated rings. The van der Waals surface area contributed by atoms with Gasteiger partial charge in [-0.05, 0) is 43.6 Å². The first-order valence-corrected chi connectivity index (χ1v) is 8.31. The monoisotopic (exact) mass is 278 g/mol. The van der Waals surface area contributed by atoms with Gasteiger partial charge in [-0.2, -0.15) is 11.8 Å². The van der Waals surface area contributed by atoms with E-state index in [1.165, 1.54) is 23.5 Å². The third kappa shape index (κ3) is 3.12. The van der Waals surface area contributed by atoms with Crippen LogP contribution in [-0.4, -0.2) is 34.7 Å². The molecular weight excluding hydrogens is 256 g/mol. The topological polar surface area (TPSA) is 34.1 Å². The van der Waals surface area contributed by atoms with Crippen molar-refractivity contribution in [2.45, 2.75) is 43.9 Å². The van der Waals surface area contributed by atoms with Gasteiger partial charge in [0.05, 0.1) is 5.60 Å². The Bertz CT molecular complexity index is 406. The van der Waals surface area contributed by atoms with Crippen LogP contribution in [0, 0.1) is 0 Å². The Morgan fingerprint density at radius 2 is 2.53 bits per heavy atom. The Morgan fingerprint density at radius 3 is 3.26 bits per heavy atom. The summed E-state index contributed by atoms with van der Waals surface area (Å²) in [6.45, 7) is 3.13. The minimum Gasteiger partial charge on any atom is -0.374 e. The molecule has 0 aromatic carbocycles. The van der Waals surface area contributed by atoms with E-state index in [-0.39, 0.29) is 5.60 Å². The lowest BCUT2D eigenvalue weighted by molar-refractivity contribution is -0.0711. The van der Waals surface area contributed by atoms with E-state index in [1.807, 2.05) is 30.2 Å². The molecule has 3 rings (SSSR count). The van der Waals surface area contributed by atoms with E-state index in [2.05, 4.69) is 23.3 Å². The first kappa shape index (κ1) is 13.4. The minimum absolute atomic E-state index is 0.162. The van der Waals surface area contributed by atoms with Crippen molar-refractivity contribution in [1.29, 1.82) is 0 Å². The number of hydrogen-bond acceptors (Lipinski definition) is 4. The zero-order valence-corrected chi connectivity index (χ0v) is 12.3. The molecule has 2 aliphatic heterocycles. The van der Waals surface area contributed by atoms with Crippen LogP contribution >= 0.6 is 11.8 Å². The molecule has 1 aromatic rings. The van der Waals surface area contributed by atoms with Gasteiger partial charge in [-0.1, -0.05) is 6.07 Å². The van der Waals surface area contributed by atoms with E-state index in [1.54, 1.807) is 0 Å². The van der Waals surface area contributed by atoms with E-state index in [0.29, 0.717) is 12.1 Å². The number of nitrogens with one attached hydrogen (secondary N) is 1. The molecule has 2 unspecified atom stereocenters. The van der Waals surface area contributed by atoms with Crippen molar-refractivity contribution in [3.63, 3.8) is 0 Å². The molecule has 3 atom stereocenters. The number of hydrogen-bond donors (Lipinski definition) is 1. The second-order valence-electron chi connectivity index (χ2n) is 5.70. The van der Waals surface area contributed by atoms with Gasteiger partial charge in [-0.3, -0.25) is 4.98 Å². The van der Waals surface area contributed by atoms with Crippen molar-refractivity contribution in [2.24, 2.45) is 0 Å². The zero-order valence-electron chi connectivity index (χ0n) is 11.5. The molecule has 0 bridgehead atoms. The number of pyridine rings is 1.